The van der Waals surface area contributed by atoms with Crippen molar-refractivity contribution in [3.05, 3.63) is 40.4 Å². The molecule has 1 aromatic heterocycles. The fourth-order valence-corrected chi connectivity index (χ4v) is 2.78. The Kier molecular flexibility index (Phi) is 3.99. The molecule has 1 aliphatic rings. The van der Waals surface area contributed by atoms with E-state index < -0.39 is 0 Å². The highest BCUT2D eigenvalue weighted by Crippen LogP contribution is 2.11. The Bertz CT molecular complexity index is 702. The third-order valence-corrected chi connectivity index (χ3v) is 3.95. The Morgan fingerprint density at radius 1 is 1.19 bits per heavy atom. The molecular formula is C16H19N3O2. The second-order valence-electron chi connectivity index (χ2n) is 5.47. The minimum atomic E-state index is -0.138. The molecule has 1 aromatic carbocycles. The van der Waals surface area contributed by atoms with E-state index >= 15 is 0 Å². The fourth-order valence-electron chi connectivity index (χ4n) is 2.78. The third kappa shape index (κ3) is 3.12. The first kappa shape index (κ1) is 13.8. The van der Waals surface area contributed by atoms with Gasteiger partial charge in [0.15, 0.2) is 0 Å². The van der Waals surface area contributed by atoms with Crippen molar-refractivity contribution in [1.29, 1.82) is 0 Å². The summed E-state index contributed by atoms with van der Waals surface area (Å²) in [6, 6.07) is 7.25. The van der Waals surface area contributed by atoms with Crippen molar-refractivity contribution in [2.75, 3.05) is 13.1 Å². The van der Waals surface area contributed by atoms with Crippen molar-refractivity contribution >= 4 is 16.8 Å². The molecule has 1 N–H and O–H groups in total. The van der Waals surface area contributed by atoms with Crippen molar-refractivity contribution in [3.8, 4) is 0 Å². The van der Waals surface area contributed by atoms with Crippen molar-refractivity contribution in [1.82, 2.24) is 14.9 Å². The topological polar surface area (TPSA) is 66.1 Å². The van der Waals surface area contributed by atoms with Crippen LogP contribution in [0.1, 0.15) is 31.5 Å². The number of aromatic nitrogens is 2. The second kappa shape index (κ2) is 6.08. The summed E-state index contributed by atoms with van der Waals surface area (Å²) in [5.74, 6) is 0.745. The number of piperidine rings is 1. The first-order valence-corrected chi connectivity index (χ1v) is 7.50. The normalized spacial score (nSPS) is 15.3. The number of amides is 1. The van der Waals surface area contributed by atoms with E-state index in [0.29, 0.717) is 29.6 Å². The highest BCUT2D eigenvalue weighted by atomic mass is 16.2. The molecule has 1 amide bonds. The average Bonchev–Trinajstić information content (AvgIpc) is 2.53. The predicted molar refractivity (Wildman–Crippen MR) is 81.1 cm³/mol. The molecule has 1 saturated heterocycles. The van der Waals surface area contributed by atoms with Crippen LogP contribution < -0.4 is 5.56 Å². The molecule has 21 heavy (non-hydrogen) atoms. The number of nitrogens with zero attached hydrogens (tertiary/aromatic N) is 2. The van der Waals surface area contributed by atoms with E-state index in [0.717, 1.165) is 25.9 Å². The summed E-state index contributed by atoms with van der Waals surface area (Å²) in [5.41, 5.74) is 0.544. The molecule has 0 atom stereocenters. The highest BCUT2D eigenvalue weighted by molar-refractivity contribution is 5.78. The van der Waals surface area contributed by atoms with Crippen LogP contribution in [0.4, 0.5) is 0 Å². The molecule has 0 aliphatic carbocycles. The van der Waals surface area contributed by atoms with Gasteiger partial charge < -0.3 is 9.88 Å². The summed E-state index contributed by atoms with van der Waals surface area (Å²) in [7, 11) is 0. The Hall–Kier alpha value is -2.17. The summed E-state index contributed by atoms with van der Waals surface area (Å²) in [6.07, 6.45) is 4.29. The van der Waals surface area contributed by atoms with E-state index in [4.69, 9.17) is 0 Å². The maximum atomic E-state index is 12.1. The standard InChI is InChI=1S/C16H19N3O2/c20-15(19-10-4-1-5-11-19)9-8-14-17-13-7-3-2-6-12(13)16(21)18-14/h2-3,6-7H,1,4-5,8-11H2,(H,17,18,21). The first-order valence-electron chi connectivity index (χ1n) is 7.50. The summed E-state index contributed by atoms with van der Waals surface area (Å²) in [4.78, 5) is 33.2. The number of carbonyl (C=O) groups is 1. The van der Waals surface area contributed by atoms with E-state index in [-0.39, 0.29) is 11.5 Å². The number of nitrogens with one attached hydrogen (secondary N) is 1. The van der Waals surface area contributed by atoms with Gasteiger partial charge in [-0.05, 0) is 31.4 Å². The van der Waals surface area contributed by atoms with Crippen LogP contribution >= 0.6 is 0 Å². The molecule has 5 heteroatoms. The van der Waals surface area contributed by atoms with Crippen molar-refractivity contribution in [3.63, 3.8) is 0 Å². The number of H-pyrrole nitrogens is 1. The molecule has 0 spiro atoms. The number of hydrogen-bond donors (Lipinski definition) is 1. The van der Waals surface area contributed by atoms with Gasteiger partial charge in [0.2, 0.25) is 5.91 Å². The zero-order valence-electron chi connectivity index (χ0n) is 12.0. The monoisotopic (exact) mass is 285 g/mol. The quantitative estimate of drug-likeness (QED) is 0.936. The lowest BCUT2D eigenvalue weighted by molar-refractivity contribution is -0.132. The number of likely N-dealkylation sites (tertiary alicyclic amines) is 1. The zero-order chi connectivity index (χ0) is 14.7. The molecule has 0 saturated carbocycles. The van der Waals surface area contributed by atoms with E-state index in [1.165, 1.54) is 6.42 Å². The molecule has 0 bridgehead atoms. The van der Waals surface area contributed by atoms with Gasteiger partial charge in [-0.1, -0.05) is 12.1 Å². The van der Waals surface area contributed by atoms with E-state index in [2.05, 4.69) is 9.97 Å². The third-order valence-electron chi connectivity index (χ3n) is 3.95. The van der Waals surface area contributed by atoms with E-state index in [1.807, 2.05) is 23.1 Å². The lowest BCUT2D eigenvalue weighted by Crippen LogP contribution is -2.35. The van der Waals surface area contributed by atoms with Crippen molar-refractivity contribution in [2.24, 2.45) is 0 Å². The summed E-state index contributed by atoms with van der Waals surface area (Å²) in [5, 5.41) is 0.587. The Morgan fingerprint density at radius 2 is 1.95 bits per heavy atom. The first-order chi connectivity index (χ1) is 10.2. The minimum Gasteiger partial charge on any atom is -0.343 e. The van der Waals surface area contributed by atoms with Gasteiger partial charge in [-0.2, -0.15) is 0 Å². The Balaban J connectivity index is 1.70. The van der Waals surface area contributed by atoms with Gasteiger partial charge in [0.05, 0.1) is 10.9 Å². The van der Waals surface area contributed by atoms with Crippen molar-refractivity contribution < 1.29 is 4.79 Å². The van der Waals surface area contributed by atoms with Crippen molar-refractivity contribution in [2.45, 2.75) is 32.1 Å². The smallest absolute Gasteiger partial charge is 0.258 e. The molecule has 0 unspecified atom stereocenters. The fraction of sp³-hybridized carbons (Fsp3) is 0.438. The molecular weight excluding hydrogens is 266 g/mol. The number of rotatable bonds is 3. The highest BCUT2D eigenvalue weighted by Gasteiger charge is 2.16. The maximum Gasteiger partial charge on any atom is 0.258 e. The summed E-state index contributed by atoms with van der Waals surface area (Å²) < 4.78 is 0. The molecule has 2 aromatic rings. The van der Waals surface area contributed by atoms with Crippen LogP contribution in [-0.2, 0) is 11.2 Å². The summed E-state index contributed by atoms with van der Waals surface area (Å²) >= 11 is 0. The van der Waals surface area contributed by atoms with Gasteiger partial charge in [-0.3, -0.25) is 9.59 Å². The number of carbonyl (C=O) groups excluding carboxylic acids is 1. The molecule has 1 aliphatic heterocycles. The number of aromatic amines is 1. The molecule has 1 fully saturated rings. The predicted octanol–water partition coefficient (Wildman–Crippen LogP) is 1.87. The second-order valence-corrected chi connectivity index (χ2v) is 5.47. The molecule has 5 nitrogen and oxygen atoms in total. The van der Waals surface area contributed by atoms with Crippen LogP contribution in [0.25, 0.3) is 10.9 Å². The number of benzene rings is 1. The lowest BCUT2D eigenvalue weighted by Gasteiger charge is -2.26. The lowest BCUT2D eigenvalue weighted by atomic mass is 10.1. The number of aryl methyl sites for hydroxylation is 1. The van der Waals surface area contributed by atoms with Gasteiger partial charge in [0.1, 0.15) is 5.82 Å². The zero-order valence-corrected chi connectivity index (χ0v) is 12.0. The number of fused-ring (bicyclic) bond motifs is 1. The Labute approximate surface area is 123 Å². The van der Waals surface area contributed by atoms with Gasteiger partial charge in [-0.25, -0.2) is 4.98 Å². The van der Waals surface area contributed by atoms with Crippen LogP contribution in [-0.4, -0.2) is 33.9 Å². The summed E-state index contributed by atoms with van der Waals surface area (Å²) in [6.45, 7) is 1.72. The van der Waals surface area contributed by atoms with Gasteiger partial charge in [-0.15, -0.1) is 0 Å². The van der Waals surface area contributed by atoms with Gasteiger partial charge in [0.25, 0.3) is 5.56 Å². The van der Waals surface area contributed by atoms with Crippen LogP contribution in [0.3, 0.4) is 0 Å². The average molecular weight is 285 g/mol. The number of para-hydroxylation sites is 1. The largest absolute Gasteiger partial charge is 0.343 e. The molecule has 110 valence electrons. The molecule has 0 radical (unpaired) electrons. The van der Waals surface area contributed by atoms with Crippen LogP contribution in [0.2, 0.25) is 0 Å². The SMILES string of the molecule is O=C(CCc1nc2ccccc2c(=O)[nH]1)N1CCCCC1. The number of hydrogen-bond acceptors (Lipinski definition) is 3. The minimum absolute atomic E-state index is 0.138. The van der Waals surface area contributed by atoms with Gasteiger partial charge >= 0.3 is 0 Å². The van der Waals surface area contributed by atoms with Crippen LogP contribution in [0.5, 0.6) is 0 Å². The van der Waals surface area contributed by atoms with Crippen LogP contribution in [0, 0.1) is 0 Å². The van der Waals surface area contributed by atoms with Crippen LogP contribution in [0.15, 0.2) is 29.1 Å². The Morgan fingerprint density at radius 3 is 2.76 bits per heavy atom. The molecule has 2 heterocycles. The van der Waals surface area contributed by atoms with E-state index in [1.54, 1.807) is 6.07 Å². The van der Waals surface area contributed by atoms with E-state index in [9.17, 15) is 9.59 Å². The van der Waals surface area contributed by atoms with Gasteiger partial charge in [0, 0.05) is 25.9 Å². The molecule has 3 rings (SSSR count). The maximum absolute atomic E-state index is 12.1.